The molecule has 1 saturated carbocycles. The van der Waals surface area contributed by atoms with Crippen LogP contribution in [0.1, 0.15) is 48.8 Å². The molecule has 2 aliphatic rings. The molecule has 1 fully saturated rings. The van der Waals surface area contributed by atoms with Crippen LogP contribution in [0.5, 0.6) is 5.88 Å². The Morgan fingerprint density at radius 2 is 1.93 bits per heavy atom. The van der Waals surface area contributed by atoms with E-state index >= 15 is 0 Å². The van der Waals surface area contributed by atoms with Gasteiger partial charge in [0, 0.05) is 36.2 Å². The Hall–Kier alpha value is -2.44. The summed E-state index contributed by atoms with van der Waals surface area (Å²) in [7, 11) is 0. The Balaban J connectivity index is 1.39. The number of pyridine rings is 1. The third-order valence-electron chi connectivity index (χ3n) is 6.24. The zero-order valence-electron chi connectivity index (χ0n) is 16.7. The lowest BCUT2D eigenvalue weighted by Crippen LogP contribution is -2.25. The van der Waals surface area contributed by atoms with Crippen LogP contribution in [0.25, 0.3) is 5.69 Å². The lowest BCUT2D eigenvalue weighted by Gasteiger charge is -2.28. The molecule has 6 nitrogen and oxygen atoms in total. The van der Waals surface area contributed by atoms with E-state index < -0.39 is 0 Å². The summed E-state index contributed by atoms with van der Waals surface area (Å²) >= 11 is 6.27. The first kappa shape index (κ1) is 19.5. The number of fused-ring (bicyclic) bond motifs is 3. The van der Waals surface area contributed by atoms with Crippen molar-refractivity contribution in [2.45, 2.75) is 50.5 Å². The van der Waals surface area contributed by atoms with Gasteiger partial charge in [0.1, 0.15) is 17.8 Å². The quantitative estimate of drug-likeness (QED) is 0.681. The van der Waals surface area contributed by atoms with Crippen molar-refractivity contribution in [1.82, 2.24) is 19.7 Å². The summed E-state index contributed by atoms with van der Waals surface area (Å²) in [6.07, 6.45) is 7.40. The summed E-state index contributed by atoms with van der Waals surface area (Å²) in [4.78, 5) is 4.28. The number of rotatable bonds is 4. The SMILES string of the molecule is OCC1Cc2cc(Cl)ccc2-n2c(nnc2[C@H]2CC[C@H](Oc3ccccn3)CC2)C1. The molecule has 5 rings (SSSR count). The molecule has 1 aliphatic carbocycles. The first-order valence-electron chi connectivity index (χ1n) is 10.6. The topological polar surface area (TPSA) is 73.1 Å². The van der Waals surface area contributed by atoms with E-state index in [-0.39, 0.29) is 18.6 Å². The number of hydrogen-bond acceptors (Lipinski definition) is 5. The predicted octanol–water partition coefficient (Wildman–Crippen LogP) is 4.13. The van der Waals surface area contributed by atoms with Crippen molar-refractivity contribution in [3.05, 3.63) is 64.8 Å². The summed E-state index contributed by atoms with van der Waals surface area (Å²) in [6, 6.07) is 11.7. The molecule has 30 heavy (non-hydrogen) atoms. The van der Waals surface area contributed by atoms with E-state index in [2.05, 4.69) is 25.8 Å². The maximum atomic E-state index is 9.83. The number of aliphatic hydroxyl groups is 1. The highest BCUT2D eigenvalue weighted by molar-refractivity contribution is 6.30. The van der Waals surface area contributed by atoms with Gasteiger partial charge in [-0.1, -0.05) is 17.7 Å². The third-order valence-corrected chi connectivity index (χ3v) is 6.48. The van der Waals surface area contributed by atoms with Crippen molar-refractivity contribution < 1.29 is 9.84 Å². The van der Waals surface area contributed by atoms with Crippen molar-refractivity contribution in [2.75, 3.05) is 6.61 Å². The van der Waals surface area contributed by atoms with Gasteiger partial charge in [-0.3, -0.25) is 4.57 Å². The van der Waals surface area contributed by atoms with Gasteiger partial charge in [-0.25, -0.2) is 4.98 Å². The van der Waals surface area contributed by atoms with Crippen LogP contribution in [-0.2, 0) is 12.8 Å². The van der Waals surface area contributed by atoms with Crippen molar-refractivity contribution >= 4 is 11.6 Å². The number of aliphatic hydroxyl groups excluding tert-OH is 1. The molecule has 0 amide bonds. The average molecular weight is 425 g/mol. The van der Waals surface area contributed by atoms with Crippen LogP contribution in [0.15, 0.2) is 42.6 Å². The number of hydrogen-bond donors (Lipinski definition) is 1. The van der Waals surface area contributed by atoms with Gasteiger partial charge < -0.3 is 9.84 Å². The first-order valence-corrected chi connectivity index (χ1v) is 11.0. The standard InChI is InChI=1S/C23H25ClN4O2/c24-18-6-9-20-17(13-18)11-15(14-29)12-21-26-27-23(28(20)21)16-4-7-19(8-5-16)30-22-3-1-2-10-25-22/h1-3,6,9-10,13,15-16,19,29H,4-5,7-8,11-12,14H2/t15?,16-,19-. The van der Waals surface area contributed by atoms with Crippen molar-refractivity contribution in [3.63, 3.8) is 0 Å². The van der Waals surface area contributed by atoms with Gasteiger partial charge in [0.05, 0.1) is 5.69 Å². The second-order valence-corrected chi connectivity index (χ2v) is 8.74. The summed E-state index contributed by atoms with van der Waals surface area (Å²) in [5, 5.41) is 19.7. The van der Waals surface area contributed by atoms with Crippen LogP contribution in [-0.4, -0.2) is 37.6 Å². The Labute approximate surface area is 180 Å². The summed E-state index contributed by atoms with van der Waals surface area (Å²) in [6.45, 7) is 0.129. The van der Waals surface area contributed by atoms with Gasteiger partial charge in [-0.2, -0.15) is 0 Å². The number of benzene rings is 1. The molecule has 3 heterocycles. The molecule has 0 bridgehead atoms. The van der Waals surface area contributed by atoms with Gasteiger partial charge in [-0.05, 0) is 67.9 Å². The molecule has 1 N–H and O–H groups in total. The highest BCUT2D eigenvalue weighted by Crippen LogP contribution is 2.37. The Morgan fingerprint density at radius 1 is 1.07 bits per heavy atom. The van der Waals surface area contributed by atoms with Gasteiger partial charge >= 0.3 is 0 Å². The molecule has 0 radical (unpaired) electrons. The second kappa shape index (κ2) is 8.36. The molecule has 1 aliphatic heterocycles. The Morgan fingerprint density at radius 3 is 2.70 bits per heavy atom. The summed E-state index contributed by atoms with van der Waals surface area (Å²) < 4.78 is 8.27. The lowest BCUT2D eigenvalue weighted by molar-refractivity contribution is 0.139. The van der Waals surface area contributed by atoms with Crippen LogP contribution in [0.3, 0.4) is 0 Å². The molecule has 1 atom stereocenters. The third kappa shape index (κ3) is 3.82. The fourth-order valence-electron chi connectivity index (χ4n) is 4.72. The molecule has 7 heteroatoms. The van der Waals surface area contributed by atoms with Crippen LogP contribution in [0, 0.1) is 5.92 Å². The molecule has 156 valence electrons. The van der Waals surface area contributed by atoms with Gasteiger partial charge in [0.15, 0.2) is 0 Å². The molecule has 2 aromatic heterocycles. The van der Waals surface area contributed by atoms with E-state index in [1.54, 1.807) is 6.20 Å². The second-order valence-electron chi connectivity index (χ2n) is 8.30. The van der Waals surface area contributed by atoms with Crippen molar-refractivity contribution in [2.24, 2.45) is 5.92 Å². The Bertz CT molecular complexity index is 1020. The molecule has 1 unspecified atom stereocenters. The van der Waals surface area contributed by atoms with Crippen LogP contribution < -0.4 is 4.74 Å². The van der Waals surface area contributed by atoms with E-state index in [0.29, 0.717) is 18.2 Å². The molecular weight excluding hydrogens is 400 g/mol. The van der Waals surface area contributed by atoms with Crippen molar-refractivity contribution in [1.29, 1.82) is 0 Å². The highest BCUT2D eigenvalue weighted by atomic mass is 35.5. The molecule has 1 aromatic carbocycles. The van der Waals surface area contributed by atoms with Gasteiger partial charge in [-0.15, -0.1) is 10.2 Å². The number of nitrogens with zero attached hydrogens (tertiary/aromatic N) is 4. The van der Waals surface area contributed by atoms with E-state index in [9.17, 15) is 5.11 Å². The summed E-state index contributed by atoms with van der Waals surface area (Å²) in [5.74, 6) is 3.10. The zero-order valence-corrected chi connectivity index (χ0v) is 17.5. The van der Waals surface area contributed by atoms with E-state index in [1.807, 2.05) is 30.3 Å². The van der Waals surface area contributed by atoms with Gasteiger partial charge in [0.2, 0.25) is 5.88 Å². The number of halogens is 1. The molecule has 0 spiro atoms. The highest BCUT2D eigenvalue weighted by Gasteiger charge is 2.31. The molecule has 0 saturated heterocycles. The minimum atomic E-state index is 0.128. The van der Waals surface area contributed by atoms with Crippen LogP contribution in [0.2, 0.25) is 5.02 Å². The smallest absolute Gasteiger partial charge is 0.213 e. The normalized spacial score (nSPS) is 23.3. The maximum Gasteiger partial charge on any atom is 0.213 e. The first-order chi connectivity index (χ1) is 14.7. The fourth-order valence-corrected chi connectivity index (χ4v) is 4.92. The van der Waals surface area contributed by atoms with Gasteiger partial charge in [0.25, 0.3) is 0 Å². The number of aromatic nitrogens is 4. The van der Waals surface area contributed by atoms with E-state index in [1.165, 1.54) is 0 Å². The monoisotopic (exact) mass is 424 g/mol. The van der Waals surface area contributed by atoms with E-state index in [0.717, 1.165) is 60.0 Å². The molecular formula is C23H25ClN4O2. The number of ether oxygens (including phenoxy) is 1. The summed E-state index contributed by atoms with van der Waals surface area (Å²) in [5.41, 5.74) is 2.24. The minimum Gasteiger partial charge on any atom is -0.474 e. The molecule has 3 aromatic rings. The average Bonchev–Trinajstić information content (AvgIpc) is 3.11. The fraction of sp³-hybridized carbons (Fsp3) is 0.435. The van der Waals surface area contributed by atoms with Crippen LogP contribution in [0.4, 0.5) is 0 Å². The Kier molecular flexibility index (Phi) is 5.44. The largest absolute Gasteiger partial charge is 0.474 e. The predicted molar refractivity (Wildman–Crippen MR) is 114 cm³/mol. The lowest BCUT2D eigenvalue weighted by atomic mass is 9.86. The van der Waals surface area contributed by atoms with E-state index in [4.69, 9.17) is 16.3 Å². The minimum absolute atomic E-state index is 0.128. The van der Waals surface area contributed by atoms with Crippen LogP contribution >= 0.6 is 11.6 Å². The zero-order chi connectivity index (χ0) is 20.5. The van der Waals surface area contributed by atoms with Crippen molar-refractivity contribution in [3.8, 4) is 11.6 Å². The maximum absolute atomic E-state index is 9.83.